The molecule has 1 rings (SSSR count). The molecule has 0 saturated carbocycles. The van der Waals surface area contributed by atoms with Gasteiger partial charge in [0.05, 0.1) is 12.8 Å². The summed E-state index contributed by atoms with van der Waals surface area (Å²) >= 11 is 0. The third-order valence-corrected chi connectivity index (χ3v) is 2.57. The number of carboxylic acid groups (broad SMARTS) is 1. The minimum atomic E-state index is -1.12. The van der Waals surface area contributed by atoms with Crippen molar-refractivity contribution >= 4 is 17.8 Å². The molecule has 1 aromatic heterocycles. The van der Waals surface area contributed by atoms with Crippen molar-refractivity contribution in [1.29, 1.82) is 0 Å². The highest BCUT2D eigenvalue weighted by Gasteiger charge is 2.32. The molecule has 0 unspecified atom stereocenters. The number of hydrogen-bond donors (Lipinski definition) is 3. The molecule has 0 aromatic carbocycles. The fraction of sp³-hybridized carbons (Fsp3) is 0.462. The number of carboxylic acids is 1. The molecule has 7 nitrogen and oxygen atoms in total. The quantitative estimate of drug-likeness (QED) is 0.733. The molecule has 0 spiro atoms. The fourth-order valence-corrected chi connectivity index (χ4v) is 1.52. The Bertz CT molecular complexity index is 487. The van der Waals surface area contributed by atoms with Gasteiger partial charge < -0.3 is 20.2 Å². The van der Waals surface area contributed by atoms with E-state index in [0.717, 1.165) is 0 Å². The predicted octanol–water partition coefficient (Wildman–Crippen LogP) is 0.625. The Hall–Kier alpha value is -2.31. The zero-order valence-corrected chi connectivity index (χ0v) is 11.6. The van der Waals surface area contributed by atoms with Crippen molar-refractivity contribution in [1.82, 2.24) is 10.6 Å². The van der Waals surface area contributed by atoms with Crippen LogP contribution >= 0.6 is 0 Å². The van der Waals surface area contributed by atoms with Gasteiger partial charge in [-0.1, -0.05) is 20.8 Å². The lowest BCUT2D eigenvalue weighted by Crippen LogP contribution is -2.51. The first-order valence-electron chi connectivity index (χ1n) is 6.05. The highest BCUT2D eigenvalue weighted by Crippen LogP contribution is 2.19. The van der Waals surface area contributed by atoms with Crippen molar-refractivity contribution in [3.05, 3.63) is 24.2 Å². The van der Waals surface area contributed by atoms with E-state index in [0.29, 0.717) is 0 Å². The molecule has 1 heterocycles. The van der Waals surface area contributed by atoms with E-state index in [1.807, 2.05) is 0 Å². The average Bonchev–Trinajstić information content (AvgIpc) is 2.84. The molecule has 0 bridgehead atoms. The second kappa shape index (κ2) is 6.23. The second-order valence-electron chi connectivity index (χ2n) is 5.36. The summed E-state index contributed by atoms with van der Waals surface area (Å²) in [5.41, 5.74) is -0.632. The number of amides is 2. The van der Waals surface area contributed by atoms with Crippen LogP contribution in [0.1, 0.15) is 31.3 Å². The van der Waals surface area contributed by atoms with E-state index in [4.69, 9.17) is 9.52 Å². The highest BCUT2D eigenvalue weighted by molar-refractivity contribution is 5.94. The molecule has 3 N–H and O–H groups in total. The highest BCUT2D eigenvalue weighted by atomic mass is 16.4. The average molecular weight is 282 g/mol. The van der Waals surface area contributed by atoms with Gasteiger partial charge in [0.2, 0.25) is 5.91 Å². The molecular formula is C13H18N2O5. The SMILES string of the molecule is CC(C)(C)[C@H](NC(=O)CNC(=O)c1ccco1)C(=O)O. The lowest BCUT2D eigenvalue weighted by molar-refractivity contribution is -0.144. The Morgan fingerprint density at radius 2 is 2.00 bits per heavy atom. The standard InChI is InChI=1S/C13H18N2O5/c1-13(2,3)10(12(18)19)15-9(16)7-14-11(17)8-5-4-6-20-8/h4-6,10H,7H2,1-3H3,(H,14,17)(H,15,16)(H,18,19)/t10-/m1/s1. The Labute approximate surface area is 116 Å². The van der Waals surface area contributed by atoms with Crippen LogP contribution in [0.5, 0.6) is 0 Å². The van der Waals surface area contributed by atoms with E-state index in [2.05, 4.69) is 10.6 Å². The zero-order chi connectivity index (χ0) is 15.3. The molecule has 1 atom stereocenters. The van der Waals surface area contributed by atoms with Gasteiger partial charge >= 0.3 is 5.97 Å². The number of hydrogen-bond acceptors (Lipinski definition) is 4. The molecule has 0 aliphatic heterocycles. The predicted molar refractivity (Wildman–Crippen MR) is 70.1 cm³/mol. The summed E-state index contributed by atoms with van der Waals surface area (Å²) in [5.74, 6) is -2.15. The maximum atomic E-state index is 11.7. The fourth-order valence-electron chi connectivity index (χ4n) is 1.52. The molecule has 20 heavy (non-hydrogen) atoms. The second-order valence-corrected chi connectivity index (χ2v) is 5.36. The summed E-state index contributed by atoms with van der Waals surface area (Å²) in [6, 6.07) is 1.98. The van der Waals surface area contributed by atoms with Crippen LogP contribution in [-0.2, 0) is 9.59 Å². The zero-order valence-electron chi connectivity index (χ0n) is 11.6. The minimum Gasteiger partial charge on any atom is -0.480 e. The normalized spacial score (nSPS) is 12.6. The number of nitrogens with one attached hydrogen (secondary N) is 2. The molecular weight excluding hydrogens is 264 g/mol. The van der Waals surface area contributed by atoms with E-state index >= 15 is 0 Å². The molecule has 0 aliphatic rings. The largest absolute Gasteiger partial charge is 0.480 e. The van der Waals surface area contributed by atoms with Crippen LogP contribution in [0.25, 0.3) is 0 Å². The Morgan fingerprint density at radius 3 is 2.45 bits per heavy atom. The summed E-state index contributed by atoms with van der Waals surface area (Å²) in [7, 11) is 0. The molecule has 0 saturated heterocycles. The van der Waals surface area contributed by atoms with Gasteiger partial charge in [-0.3, -0.25) is 9.59 Å². The van der Waals surface area contributed by atoms with Crippen molar-refractivity contribution in [2.75, 3.05) is 6.54 Å². The van der Waals surface area contributed by atoms with Crippen LogP contribution in [-0.4, -0.2) is 35.5 Å². The first-order valence-corrected chi connectivity index (χ1v) is 6.05. The summed E-state index contributed by atoms with van der Waals surface area (Å²) in [5, 5.41) is 13.8. The van der Waals surface area contributed by atoms with Crippen LogP contribution in [0.4, 0.5) is 0 Å². The lowest BCUT2D eigenvalue weighted by Gasteiger charge is -2.27. The van der Waals surface area contributed by atoms with Crippen LogP contribution in [0.15, 0.2) is 22.8 Å². The van der Waals surface area contributed by atoms with Gasteiger partial charge in [0.25, 0.3) is 5.91 Å². The molecule has 0 fully saturated rings. The summed E-state index contributed by atoms with van der Waals surface area (Å²) < 4.78 is 4.86. The summed E-state index contributed by atoms with van der Waals surface area (Å²) in [6.07, 6.45) is 1.34. The van der Waals surface area contributed by atoms with Crippen molar-refractivity contribution in [3.8, 4) is 0 Å². The van der Waals surface area contributed by atoms with Crippen molar-refractivity contribution < 1.29 is 23.9 Å². The third-order valence-electron chi connectivity index (χ3n) is 2.57. The van der Waals surface area contributed by atoms with E-state index in [1.165, 1.54) is 12.3 Å². The first kappa shape index (κ1) is 15.7. The number of carbonyl (C=O) groups excluding carboxylic acids is 2. The smallest absolute Gasteiger partial charge is 0.326 e. The number of furan rings is 1. The van der Waals surface area contributed by atoms with Gasteiger partial charge in [-0.2, -0.15) is 0 Å². The number of carbonyl (C=O) groups is 3. The molecule has 0 aliphatic carbocycles. The maximum absolute atomic E-state index is 11.7. The third kappa shape index (κ3) is 4.42. The first-order chi connectivity index (χ1) is 9.21. The van der Waals surface area contributed by atoms with Crippen molar-refractivity contribution in [2.24, 2.45) is 5.41 Å². The Kier molecular flexibility index (Phi) is 4.90. The van der Waals surface area contributed by atoms with Crippen LogP contribution in [0.2, 0.25) is 0 Å². The van der Waals surface area contributed by atoms with Crippen LogP contribution < -0.4 is 10.6 Å². The van der Waals surface area contributed by atoms with E-state index in [-0.39, 0.29) is 12.3 Å². The van der Waals surface area contributed by atoms with Gasteiger partial charge in [-0.25, -0.2) is 4.79 Å². The van der Waals surface area contributed by atoms with Gasteiger partial charge in [-0.15, -0.1) is 0 Å². The molecule has 110 valence electrons. The van der Waals surface area contributed by atoms with Gasteiger partial charge in [-0.05, 0) is 17.5 Å². The Balaban J connectivity index is 2.51. The van der Waals surface area contributed by atoms with Gasteiger partial charge in [0.15, 0.2) is 5.76 Å². The minimum absolute atomic E-state index is 0.0865. The van der Waals surface area contributed by atoms with Gasteiger partial charge in [0, 0.05) is 0 Å². The number of aliphatic carboxylic acids is 1. The van der Waals surface area contributed by atoms with Crippen LogP contribution in [0.3, 0.4) is 0 Å². The number of rotatable bonds is 5. The monoisotopic (exact) mass is 282 g/mol. The van der Waals surface area contributed by atoms with Crippen LogP contribution in [0, 0.1) is 5.41 Å². The molecule has 7 heteroatoms. The summed E-state index contributed by atoms with van der Waals surface area (Å²) in [4.78, 5) is 34.3. The summed E-state index contributed by atoms with van der Waals surface area (Å²) in [6.45, 7) is 4.79. The maximum Gasteiger partial charge on any atom is 0.326 e. The molecule has 0 radical (unpaired) electrons. The Morgan fingerprint density at radius 1 is 1.35 bits per heavy atom. The molecule has 1 aromatic rings. The lowest BCUT2D eigenvalue weighted by atomic mass is 9.87. The topological polar surface area (TPSA) is 109 Å². The van der Waals surface area contributed by atoms with E-state index in [9.17, 15) is 14.4 Å². The van der Waals surface area contributed by atoms with E-state index < -0.39 is 29.2 Å². The van der Waals surface area contributed by atoms with E-state index in [1.54, 1.807) is 26.8 Å². The van der Waals surface area contributed by atoms with Crippen molar-refractivity contribution in [3.63, 3.8) is 0 Å². The van der Waals surface area contributed by atoms with Crippen molar-refractivity contribution in [2.45, 2.75) is 26.8 Å². The van der Waals surface area contributed by atoms with Gasteiger partial charge in [0.1, 0.15) is 6.04 Å². The molecule has 2 amide bonds.